The number of hydrogen-bond acceptors (Lipinski definition) is 4. The molecule has 4 rings (SSSR count). The Balaban J connectivity index is 1.52. The summed E-state index contributed by atoms with van der Waals surface area (Å²) in [5.74, 6) is 0.339. The molecule has 0 bridgehead atoms. The number of rotatable bonds is 2. The van der Waals surface area contributed by atoms with E-state index in [1.54, 1.807) is 6.20 Å². The molecule has 3 atom stereocenters. The monoisotopic (exact) mass is 269 g/mol. The molecular weight excluding hydrogens is 254 g/mol. The van der Waals surface area contributed by atoms with E-state index in [1.807, 2.05) is 24.3 Å². The van der Waals surface area contributed by atoms with Crippen LogP contribution in [0.15, 0.2) is 30.5 Å². The van der Waals surface area contributed by atoms with Crippen LogP contribution in [0.1, 0.15) is 23.3 Å². The lowest BCUT2D eigenvalue weighted by Crippen LogP contribution is -2.53. The van der Waals surface area contributed by atoms with Gasteiger partial charge >= 0.3 is 0 Å². The van der Waals surface area contributed by atoms with Crippen LogP contribution < -0.4 is 5.32 Å². The summed E-state index contributed by atoms with van der Waals surface area (Å²) >= 11 is 0. The summed E-state index contributed by atoms with van der Waals surface area (Å²) in [5, 5.41) is 3.05. The SMILES string of the molecule is O=C(N[C@@H]1C[C@H]2OCC[C@@H]12)c1cnc2ccccc2n1. The van der Waals surface area contributed by atoms with Crippen molar-refractivity contribution in [1.29, 1.82) is 0 Å². The van der Waals surface area contributed by atoms with Gasteiger partial charge < -0.3 is 10.1 Å². The summed E-state index contributed by atoms with van der Waals surface area (Å²) in [6, 6.07) is 7.78. The highest BCUT2D eigenvalue weighted by Gasteiger charge is 2.45. The van der Waals surface area contributed by atoms with E-state index in [9.17, 15) is 4.79 Å². The van der Waals surface area contributed by atoms with Crippen LogP contribution in [0, 0.1) is 5.92 Å². The Kier molecular flexibility index (Phi) is 2.67. The number of fused-ring (bicyclic) bond motifs is 2. The van der Waals surface area contributed by atoms with Crippen LogP contribution >= 0.6 is 0 Å². The highest BCUT2D eigenvalue weighted by Crippen LogP contribution is 2.38. The van der Waals surface area contributed by atoms with E-state index in [2.05, 4.69) is 15.3 Å². The van der Waals surface area contributed by atoms with E-state index >= 15 is 0 Å². The average Bonchev–Trinajstić information content (AvgIpc) is 2.85. The van der Waals surface area contributed by atoms with Gasteiger partial charge in [-0.2, -0.15) is 0 Å². The maximum atomic E-state index is 12.2. The molecule has 5 nitrogen and oxygen atoms in total. The lowest BCUT2D eigenvalue weighted by atomic mass is 9.76. The zero-order chi connectivity index (χ0) is 13.5. The average molecular weight is 269 g/mol. The fraction of sp³-hybridized carbons (Fsp3) is 0.400. The first-order valence-corrected chi connectivity index (χ1v) is 6.95. The molecule has 2 aromatic rings. The third-order valence-corrected chi connectivity index (χ3v) is 4.26. The maximum absolute atomic E-state index is 12.2. The van der Waals surface area contributed by atoms with Gasteiger partial charge in [-0.15, -0.1) is 0 Å². The highest BCUT2D eigenvalue weighted by atomic mass is 16.5. The van der Waals surface area contributed by atoms with Crippen molar-refractivity contribution in [2.75, 3.05) is 6.61 Å². The second-order valence-electron chi connectivity index (χ2n) is 5.42. The van der Waals surface area contributed by atoms with Crippen LogP contribution in [0.3, 0.4) is 0 Å². The lowest BCUT2D eigenvalue weighted by Gasteiger charge is -2.39. The maximum Gasteiger partial charge on any atom is 0.271 e. The van der Waals surface area contributed by atoms with Gasteiger partial charge in [-0.1, -0.05) is 12.1 Å². The lowest BCUT2D eigenvalue weighted by molar-refractivity contribution is 0.00802. The van der Waals surface area contributed by atoms with Crippen LogP contribution in [0.5, 0.6) is 0 Å². The fourth-order valence-electron chi connectivity index (χ4n) is 3.07. The second kappa shape index (κ2) is 4.52. The zero-order valence-corrected chi connectivity index (χ0v) is 11.0. The van der Waals surface area contributed by atoms with Crippen molar-refractivity contribution in [2.24, 2.45) is 5.92 Å². The van der Waals surface area contributed by atoms with Gasteiger partial charge in [0, 0.05) is 18.6 Å². The van der Waals surface area contributed by atoms with Gasteiger partial charge in [-0.3, -0.25) is 9.78 Å². The molecule has 0 unspecified atom stereocenters. The molecule has 2 fully saturated rings. The minimum absolute atomic E-state index is 0.140. The molecule has 0 radical (unpaired) electrons. The number of benzene rings is 1. The van der Waals surface area contributed by atoms with Crippen molar-refractivity contribution < 1.29 is 9.53 Å². The first-order chi connectivity index (χ1) is 9.81. The second-order valence-corrected chi connectivity index (χ2v) is 5.42. The van der Waals surface area contributed by atoms with E-state index in [0.29, 0.717) is 17.7 Å². The smallest absolute Gasteiger partial charge is 0.271 e. The molecule has 2 heterocycles. The van der Waals surface area contributed by atoms with Crippen LogP contribution in [-0.2, 0) is 4.74 Å². The first-order valence-electron chi connectivity index (χ1n) is 6.95. The Hall–Kier alpha value is -2.01. The predicted octanol–water partition coefficient (Wildman–Crippen LogP) is 1.54. The number of carbonyl (C=O) groups excluding carboxylic acids is 1. The molecule has 1 amide bonds. The van der Waals surface area contributed by atoms with E-state index in [4.69, 9.17) is 4.74 Å². The van der Waals surface area contributed by atoms with Crippen LogP contribution in [0.4, 0.5) is 0 Å². The first kappa shape index (κ1) is 11.8. The van der Waals surface area contributed by atoms with E-state index in [-0.39, 0.29) is 11.9 Å². The molecule has 1 saturated heterocycles. The van der Waals surface area contributed by atoms with Gasteiger partial charge in [0.1, 0.15) is 5.69 Å². The molecule has 20 heavy (non-hydrogen) atoms. The van der Waals surface area contributed by atoms with E-state index < -0.39 is 0 Å². The molecule has 1 aliphatic carbocycles. The molecule has 0 spiro atoms. The summed E-state index contributed by atoms with van der Waals surface area (Å²) in [6.07, 6.45) is 3.85. The van der Waals surface area contributed by atoms with Crippen LogP contribution in [-0.4, -0.2) is 34.6 Å². The van der Waals surface area contributed by atoms with E-state index in [1.165, 1.54) is 0 Å². The van der Waals surface area contributed by atoms with Crippen LogP contribution in [0.2, 0.25) is 0 Å². The largest absolute Gasteiger partial charge is 0.378 e. The van der Waals surface area contributed by atoms with Gasteiger partial charge in [0.15, 0.2) is 0 Å². The van der Waals surface area contributed by atoms with Crippen molar-refractivity contribution in [3.8, 4) is 0 Å². The summed E-state index contributed by atoms with van der Waals surface area (Å²) in [7, 11) is 0. The number of hydrogen-bond donors (Lipinski definition) is 1. The van der Waals surface area contributed by atoms with Crippen molar-refractivity contribution in [1.82, 2.24) is 15.3 Å². The highest BCUT2D eigenvalue weighted by molar-refractivity contribution is 5.94. The quantitative estimate of drug-likeness (QED) is 0.898. The molecule has 1 aromatic carbocycles. The number of nitrogens with one attached hydrogen (secondary N) is 1. The molecule has 1 N–H and O–H groups in total. The van der Waals surface area contributed by atoms with Gasteiger partial charge in [0.05, 0.1) is 23.3 Å². The topological polar surface area (TPSA) is 64.1 Å². The number of ether oxygens (including phenoxy) is 1. The molecule has 1 saturated carbocycles. The minimum atomic E-state index is -0.140. The van der Waals surface area contributed by atoms with Gasteiger partial charge in [0.25, 0.3) is 5.91 Å². The summed E-state index contributed by atoms with van der Waals surface area (Å²) in [5.41, 5.74) is 1.93. The van der Waals surface area contributed by atoms with Crippen molar-refractivity contribution in [3.63, 3.8) is 0 Å². The zero-order valence-electron chi connectivity index (χ0n) is 11.0. The fourth-order valence-corrected chi connectivity index (χ4v) is 3.07. The standard InChI is InChI=1S/C15H15N3O2/c19-15(18-12-7-14-9(12)5-6-20-14)13-8-16-10-3-1-2-4-11(10)17-13/h1-4,8-9,12,14H,5-7H2,(H,18,19)/t9-,12+,14+/m0/s1. The number of amides is 1. The normalized spacial score (nSPS) is 27.9. The number of carbonyl (C=O) groups is 1. The summed E-state index contributed by atoms with van der Waals surface area (Å²) in [4.78, 5) is 20.9. The summed E-state index contributed by atoms with van der Waals surface area (Å²) < 4.78 is 5.55. The number of aromatic nitrogens is 2. The molecule has 1 aliphatic heterocycles. The molecule has 5 heteroatoms. The Bertz CT molecular complexity index is 673. The Morgan fingerprint density at radius 2 is 2.15 bits per heavy atom. The molecular formula is C15H15N3O2. The summed E-state index contributed by atoms with van der Waals surface area (Å²) in [6.45, 7) is 0.817. The third-order valence-electron chi connectivity index (χ3n) is 4.26. The minimum Gasteiger partial charge on any atom is -0.378 e. The third kappa shape index (κ3) is 1.86. The van der Waals surface area contributed by atoms with Gasteiger partial charge in [-0.25, -0.2) is 4.98 Å². The Morgan fingerprint density at radius 1 is 1.30 bits per heavy atom. The number of para-hydroxylation sites is 2. The van der Waals surface area contributed by atoms with Crippen LogP contribution in [0.25, 0.3) is 11.0 Å². The Labute approximate surface area is 116 Å². The predicted molar refractivity (Wildman–Crippen MR) is 73.3 cm³/mol. The van der Waals surface area contributed by atoms with Crippen molar-refractivity contribution in [2.45, 2.75) is 25.0 Å². The molecule has 102 valence electrons. The van der Waals surface area contributed by atoms with Crippen molar-refractivity contribution in [3.05, 3.63) is 36.2 Å². The molecule has 2 aliphatic rings. The Morgan fingerprint density at radius 3 is 3.00 bits per heavy atom. The van der Waals surface area contributed by atoms with Gasteiger partial charge in [-0.05, 0) is 25.0 Å². The number of nitrogens with zero attached hydrogens (tertiary/aromatic N) is 2. The molecule has 1 aromatic heterocycles. The van der Waals surface area contributed by atoms with E-state index in [0.717, 1.165) is 30.5 Å². The van der Waals surface area contributed by atoms with Gasteiger partial charge in [0.2, 0.25) is 0 Å². The van der Waals surface area contributed by atoms with Crippen molar-refractivity contribution >= 4 is 16.9 Å².